The zero-order valence-electron chi connectivity index (χ0n) is 15.9. The van der Waals surface area contributed by atoms with Crippen molar-refractivity contribution in [1.82, 2.24) is 9.80 Å². The van der Waals surface area contributed by atoms with E-state index in [1.54, 1.807) is 0 Å². The number of amides is 1. The Labute approximate surface area is 162 Å². The van der Waals surface area contributed by atoms with Crippen LogP contribution >= 0.6 is 0 Å². The number of carbonyl (C=O) groups excluding carboxylic acids is 1. The molecule has 3 nitrogen and oxygen atoms in total. The Morgan fingerprint density at radius 2 is 1.48 bits per heavy atom. The van der Waals surface area contributed by atoms with Crippen molar-refractivity contribution in [3.63, 3.8) is 0 Å². The summed E-state index contributed by atoms with van der Waals surface area (Å²) >= 11 is 0. The number of carbonyl (C=O) groups is 1. The number of benzene rings is 2. The van der Waals surface area contributed by atoms with Gasteiger partial charge in [-0.2, -0.15) is 0 Å². The molecule has 0 N–H and O–H groups in total. The van der Waals surface area contributed by atoms with Crippen LogP contribution in [0.5, 0.6) is 0 Å². The maximum atomic E-state index is 12.9. The molecule has 0 unspecified atom stereocenters. The molecule has 3 fully saturated rings. The van der Waals surface area contributed by atoms with Crippen molar-refractivity contribution in [2.24, 2.45) is 11.8 Å². The van der Waals surface area contributed by atoms with E-state index < -0.39 is 0 Å². The summed E-state index contributed by atoms with van der Waals surface area (Å²) in [5.74, 6) is 2.10. The molecule has 0 radical (unpaired) electrons. The molecule has 2 aliphatic carbocycles. The monoisotopic (exact) mass is 360 g/mol. The number of piperazine rings is 1. The van der Waals surface area contributed by atoms with E-state index in [4.69, 9.17) is 0 Å². The minimum absolute atomic E-state index is 0.183. The van der Waals surface area contributed by atoms with Crippen LogP contribution < -0.4 is 0 Å². The Morgan fingerprint density at radius 1 is 0.778 bits per heavy atom. The fraction of sp³-hybridized carbons (Fsp3) is 0.458. The van der Waals surface area contributed by atoms with Gasteiger partial charge in [-0.25, -0.2) is 0 Å². The maximum Gasteiger partial charge on any atom is 0.253 e. The molecule has 1 saturated heterocycles. The van der Waals surface area contributed by atoms with E-state index >= 15 is 0 Å². The molecule has 27 heavy (non-hydrogen) atoms. The van der Waals surface area contributed by atoms with Crippen LogP contribution in [0.15, 0.2) is 54.6 Å². The molecule has 1 heterocycles. The maximum absolute atomic E-state index is 12.9. The second-order valence-corrected chi connectivity index (χ2v) is 8.51. The first-order valence-corrected chi connectivity index (χ1v) is 10.5. The highest BCUT2D eigenvalue weighted by molar-refractivity contribution is 5.94. The smallest absolute Gasteiger partial charge is 0.253 e. The molecule has 2 aromatic rings. The van der Waals surface area contributed by atoms with Crippen LogP contribution in [-0.4, -0.2) is 47.9 Å². The van der Waals surface area contributed by atoms with E-state index in [0.717, 1.165) is 55.2 Å². The molecule has 0 spiro atoms. The van der Waals surface area contributed by atoms with Gasteiger partial charge in [0.05, 0.1) is 0 Å². The topological polar surface area (TPSA) is 23.6 Å². The van der Waals surface area contributed by atoms with E-state index in [9.17, 15) is 4.79 Å². The Morgan fingerprint density at radius 3 is 2.11 bits per heavy atom. The van der Waals surface area contributed by atoms with Gasteiger partial charge in [0.25, 0.3) is 5.91 Å². The summed E-state index contributed by atoms with van der Waals surface area (Å²) < 4.78 is 0. The normalized spacial score (nSPS) is 27.9. The fourth-order valence-corrected chi connectivity index (χ4v) is 5.53. The summed E-state index contributed by atoms with van der Waals surface area (Å²) in [5.41, 5.74) is 3.16. The molecule has 2 saturated carbocycles. The lowest BCUT2D eigenvalue weighted by molar-refractivity contribution is 0.0496. The number of fused-ring (bicyclic) bond motifs is 2. The molecule has 1 aliphatic heterocycles. The predicted octanol–water partition coefficient (Wildman–Crippen LogP) is 4.30. The molecule has 3 atom stereocenters. The van der Waals surface area contributed by atoms with E-state index in [0.29, 0.717) is 0 Å². The van der Waals surface area contributed by atoms with Crippen LogP contribution in [0.2, 0.25) is 0 Å². The van der Waals surface area contributed by atoms with Crippen LogP contribution in [0.25, 0.3) is 11.1 Å². The second-order valence-electron chi connectivity index (χ2n) is 8.51. The quantitative estimate of drug-likeness (QED) is 0.815. The third kappa shape index (κ3) is 3.29. The zero-order valence-corrected chi connectivity index (χ0v) is 15.9. The van der Waals surface area contributed by atoms with Gasteiger partial charge in [-0.1, -0.05) is 48.9 Å². The standard InChI is InChI=1S/C24H28N2O/c27-24(21-10-8-20(9-11-21)19-4-2-1-3-5-19)26-14-12-25(13-15-26)23-17-18-6-7-22(23)16-18/h1-5,8-11,18,22-23H,6-7,12-17H2/t18-,22+,23-/m0/s1. The second kappa shape index (κ2) is 7.12. The number of hydrogen-bond acceptors (Lipinski definition) is 2. The minimum Gasteiger partial charge on any atom is -0.336 e. The molecule has 5 rings (SSSR count). The minimum atomic E-state index is 0.183. The fourth-order valence-electron chi connectivity index (χ4n) is 5.53. The average Bonchev–Trinajstić information content (AvgIpc) is 3.38. The molecule has 3 heteroatoms. The van der Waals surface area contributed by atoms with Gasteiger partial charge >= 0.3 is 0 Å². The van der Waals surface area contributed by atoms with Crippen molar-refractivity contribution in [2.75, 3.05) is 26.2 Å². The molecule has 2 aromatic carbocycles. The summed E-state index contributed by atoms with van der Waals surface area (Å²) in [6.45, 7) is 3.82. The lowest BCUT2D eigenvalue weighted by Gasteiger charge is -2.41. The predicted molar refractivity (Wildman–Crippen MR) is 109 cm³/mol. The first kappa shape index (κ1) is 17.0. The van der Waals surface area contributed by atoms with Gasteiger partial charge in [0.1, 0.15) is 0 Å². The molecule has 140 valence electrons. The van der Waals surface area contributed by atoms with Gasteiger partial charge in [-0.3, -0.25) is 9.69 Å². The first-order chi connectivity index (χ1) is 13.3. The summed E-state index contributed by atoms with van der Waals surface area (Å²) in [6.07, 6.45) is 5.75. The Kier molecular flexibility index (Phi) is 4.48. The lowest BCUT2D eigenvalue weighted by Crippen LogP contribution is -2.53. The van der Waals surface area contributed by atoms with Gasteiger partial charge < -0.3 is 4.90 Å². The highest BCUT2D eigenvalue weighted by Gasteiger charge is 2.42. The lowest BCUT2D eigenvalue weighted by atomic mass is 9.93. The van der Waals surface area contributed by atoms with Crippen molar-refractivity contribution >= 4 is 5.91 Å². The van der Waals surface area contributed by atoms with E-state index in [1.165, 1.54) is 31.2 Å². The van der Waals surface area contributed by atoms with Crippen molar-refractivity contribution in [1.29, 1.82) is 0 Å². The van der Waals surface area contributed by atoms with Crippen molar-refractivity contribution in [2.45, 2.75) is 31.7 Å². The van der Waals surface area contributed by atoms with Crippen molar-refractivity contribution in [3.8, 4) is 11.1 Å². The average molecular weight is 361 g/mol. The van der Waals surface area contributed by atoms with Crippen LogP contribution in [0, 0.1) is 11.8 Å². The number of hydrogen-bond donors (Lipinski definition) is 0. The van der Waals surface area contributed by atoms with Crippen LogP contribution in [-0.2, 0) is 0 Å². The molecule has 2 bridgehead atoms. The highest BCUT2D eigenvalue weighted by atomic mass is 16.2. The largest absolute Gasteiger partial charge is 0.336 e. The summed E-state index contributed by atoms with van der Waals surface area (Å²) in [4.78, 5) is 17.6. The summed E-state index contributed by atoms with van der Waals surface area (Å²) in [7, 11) is 0. The van der Waals surface area contributed by atoms with Crippen LogP contribution in [0.1, 0.15) is 36.0 Å². The van der Waals surface area contributed by atoms with Crippen LogP contribution in [0.3, 0.4) is 0 Å². The third-order valence-corrected chi connectivity index (χ3v) is 7.01. The Bertz CT molecular complexity index is 793. The van der Waals surface area contributed by atoms with E-state index in [1.807, 2.05) is 35.2 Å². The Balaban J connectivity index is 1.21. The van der Waals surface area contributed by atoms with E-state index in [-0.39, 0.29) is 5.91 Å². The van der Waals surface area contributed by atoms with Crippen molar-refractivity contribution in [3.05, 3.63) is 60.2 Å². The molecule has 3 aliphatic rings. The van der Waals surface area contributed by atoms with Gasteiger partial charge in [-0.15, -0.1) is 0 Å². The van der Waals surface area contributed by atoms with Gasteiger partial charge in [0.15, 0.2) is 0 Å². The molecule has 0 aromatic heterocycles. The van der Waals surface area contributed by atoms with Gasteiger partial charge in [-0.05, 0) is 54.4 Å². The first-order valence-electron chi connectivity index (χ1n) is 10.5. The van der Waals surface area contributed by atoms with Crippen molar-refractivity contribution < 1.29 is 4.79 Å². The molecule has 1 amide bonds. The molecular formula is C24H28N2O. The van der Waals surface area contributed by atoms with E-state index in [2.05, 4.69) is 29.2 Å². The molecular weight excluding hydrogens is 332 g/mol. The number of rotatable bonds is 3. The van der Waals surface area contributed by atoms with Crippen LogP contribution in [0.4, 0.5) is 0 Å². The zero-order chi connectivity index (χ0) is 18.2. The highest BCUT2D eigenvalue weighted by Crippen LogP contribution is 2.46. The SMILES string of the molecule is O=C(c1ccc(-c2ccccc2)cc1)N1CCN([C@H]2C[C@H]3CC[C@@H]2C3)CC1. The van der Waals surface area contributed by atoms with Gasteiger partial charge in [0, 0.05) is 37.8 Å². The Hall–Kier alpha value is -2.13. The summed E-state index contributed by atoms with van der Waals surface area (Å²) in [6, 6.07) is 19.2. The van der Waals surface area contributed by atoms with Gasteiger partial charge in [0.2, 0.25) is 0 Å². The number of nitrogens with zero attached hydrogens (tertiary/aromatic N) is 2. The third-order valence-electron chi connectivity index (χ3n) is 7.01. The summed E-state index contributed by atoms with van der Waals surface area (Å²) in [5, 5.41) is 0.